The van der Waals surface area contributed by atoms with Crippen molar-refractivity contribution in [1.82, 2.24) is 14.9 Å². The first-order chi connectivity index (χ1) is 17.4. The molecule has 0 bridgehead atoms. The van der Waals surface area contributed by atoms with Crippen molar-refractivity contribution in [3.63, 3.8) is 0 Å². The zero-order valence-electron chi connectivity index (χ0n) is 20.4. The van der Waals surface area contributed by atoms with Gasteiger partial charge < -0.3 is 18.8 Å². The molecule has 0 unspecified atom stereocenters. The van der Waals surface area contributed by atoms with Crippen molar-refractivity contribution in [3.8, 4) is 34.3 Å². The SMILES string of the molecule is Cc1cc(-c2cc3nccc(-c4ccc(OC5CCOCC5)c(C#N)c4)c3o2)cnc1C(=O)N(C)C. The summed E-state index contributed by atoms with van der Waals surface area (Å²) in [6.07, 6.45) is 5.03. The first-order valence-corrected chi connectivity index (χ1v) is 11.8. The average molecular weight is 483 g/mol. The van der Waals surface area contributed by atoms with Crippen LogP contribution in [-0.2, 0) is 4.74 Å². The number of hydrogen-bond donors (Lipinski definition) is 0. The summed E-state index contributed by atoms with van der Waals surface area (Å²) in [4.78, 5) is 22.7. The van der Waals surface area contributed by atoms with Gasteiger partial charge >= 0.3 is 0 Å². The van der Waals surface area contributed by atoms with Crippen LogP contribution in [0.25, 0.3) is 33.6 Å². The van der Waals surface area contributed by atoms with Crippen LogP contribution in [0.15, 0.2) is 53.2 Å². The zero-order valence-corrected chi connectivity index (χ0v) is 20.4. The van der Waals surface area contributed by atoms with Gasteiger partial charge in [-0.05, 0) is 42.3 Å². The monoisotopic (exact) mass is 482 g/mol. The minimum absolute atomic E-state index is 0.0495. The molecule has 182 valence electrons. The Balaban J connectivity index is 1.49. The number of carbonyl (C=O) groups is 1. The minimum Gasteiger partial charge on any atom is -0.489 e. The molecule has 1 saturated heterocycles. The Labute approximate surface area is 209 Å². The summed E-state index contributed by atoms with van der Waals surface area (Å²) in [7, 11) is 3.40. The van der Waals surface area contributed by atoms with Gasteiger partial charge in [0.05, 0.1) is 18.8 Å². The Morgan fingerprint density at radius 1 is 1.11 bits per heavy atom. The van der Waals surface area contributed by atoms with Crippen LogP contribution >= 0.6 is 0 Å². The molecule has 8 nitrogen and oxygen atoms in total. The molecule has 1 aromatic carbocycles. The topological polar surface area (TPSA) is 101 Å². The Bertz CT molecular complexity index is 1480. The first-order valence-electron chi connectivity index (χ1n) is 11.8. The summed E-state index contributed by atoms with van der Waals surface area (Å²) >= 11 is 0. The van der Waals surface area contributed by atoms with Gasteiger partial charge in [-0.25, -0.2) is 0 Å². The van der Waals surface area contributed by atoms with Gasteiger partial charge in [0.15, 0.2) is 5.58 Å². The van der Waals surface area contributed by atoms with E-state index in [9.17, 15) is 10.1 Å². The molecule has 8 heteroatoms. The number of nitrogens with zero attached hydrogens (tertiary/aromatic N) is 4. The highest BCUT2D eigenvalue weighted by atomic mass is 16.5. The lowest BCUT2D eigenvalue weighted by atomic mass is 10.0. The maximum absolute atomic E-state index is 12.3. The number of fused-ring (bicyclic) bond motifs is 1. The maximum Gasteiger partial charge on any atom is 0.272 e. The van der Waals surface area contributed by atoms with E-state index in [2.05, 4.69) is 16.0 Å². The summed E-state index contributed by atoms with van der Waals surface area (Å²) in [5.41, 5.74) is 5.35. The zero-order chi connectivity index (χ0) is 25.2. The van der Waals surface area contributed by atoms with Crippen LogP contribution in [0.3, 0.4) is 0 Å². The normalized spacial score (nSPS) is 13.9. The smallest absolute Gasteiger partial charge is 0.272 e. The molecular formula is C28H26N4O4. The van der Waals surface area contributed by atoms with Gasteiger partial charge in [-0.1, -0.05) is 6.07 Å². The molecule has 5 rings (SSSR count). The maximum atomic E-state index is 12.3. The van der Waals surface area contributed by atoms with Crippen LogP contribution in [0, 0.1) is 18.3 Å². The van der Waals surface area contributed by atoms with Crippen molar-refractivity contribution in [1.29, 1.82) is 5.26 Å². The van der Waals surface area contributed by atoms with Gasteiger partial charge in [0, 0.05) is 56.5 Å². The Kier molecular flexibility index (Phi) is 6.40. The highest BCUT2D eigenvalue weighted by molar-refractivity contribution is 5.95. The molecule has 0 N–H and O–H groups in total. The van der Waals surface area contributed by atoms with Crippen LogP contribution < -0.4 is 4.74 Å². The summed E-state index contributed by atoms with van der Waals surface area (Å²) in [5.74, 6) is 1.03. The molecule has 4 heterocycles. The molecule has 0 saturated carbocycles. The minimum atomic E-state index is -0.148. The molecular weight excluding hydrogens is 456 g/mol. The third-order valence-electron chi connectivity index (χ3n) is 6.26. The molecule has 3 aromatic heterocycles. The lowest BCUT2D eigenvalue weighted by Crippen LogP contribution is -2.26. The number of hydrogen-bond acceptors (Lipinski definition) is 7. The van der Waals surface area contributed by atoms with E-state index in [0.717, 1.165) is 35.1 Å². The Morgan fingerprint density at radius 2 is 1.92 bits per heavy atom. The summed E-state index contributed by atoms with van der Waals surface area (Å²) in [6.45, 7) is 3.20. The van der Waals surface area contributed by atoms with Gasteiger partial charge in [0.1, 0.15) is 34.9 Å². The molecule has 0 spiro atoms. The fourth-order valence-electron chi connectivity index (χ4n) is 4.31. The second-order valence-electron chi connectivity index (χ2n) is 9.02. The molecule has 36 heavy (non-hydrogen) atoms. The molecule has 1 fully saturated rings. The summed E-state index contributed by atoms with van der Waals surface area (Å²) < 4.78 is 17.7. The quantitative estimate of drug-likeness (QED) is 0.395. The number of furan rings is 1. The van der Waals surface area contributed by atoms with Crippen molar-refractivity contribution in [3.05, 3.63) is 65.6 Å². The van der Waals surface area contributed by atoms with Crippen LogP contribution in [0.5, 0.6) is 5.75 Å². The summed E-state index contributed by atoms with van der Waals surface area (Å²) in [6, 6.07) is 13.5. The first kappa shape index (κ1) is 23.5. The molecule has 1 amide bonds. The molecule has 0 atom stereocenters. The van der Waals surface area contributed by atoms with Crippen LogP contribution in [-0.4, -0.2) is 54.2 Å². The van der Waals surface area contributed by atoms with E-state index in [-0.39, 0.29) is 12.0 Å². The van der Waals surface area contributed by atoms with Crippen molar-refractivity contribution in [2.45, 2.75) is 25.9 Å². The number of carbonyl (C=O) groups excluding carboxylic acids is 1. The van der Waals surface area contributed by atoms with E-state index in [4.69, 9.17) is 13.9 Å². The fraction of sp³-hybridized carbons (Fsp3) is 0.286. The number of ether oxygens (including phenoxy) is 2. The van der Waals surface area contributed by atoms with Crippen molar-refractivity contribution in [2.24, 2.45) is 0 Å². The van der Waals surface area contributed by atoms with E-state index >= 15 is 0 Å². The summed E-state index contributed by atoms with van der Waals surface area (Å²) in [5, 5.41) is 9.78. The average Bonchev–Trinajstić information content (AvgIpc) is 3.34. The molecule has 4 aromatic rings. The van der Waals surface area contributed by atoms with Crippen LogP contribution in [0.1, 0.15) is 34.5 Å². The number of nitriles is 1. The van der Waals surface area contributed by atoms with Crippen LogP contribution in [0.2, 0.25) is 0 Å². The van der Waals surface area contributed by atoms with Gasteiger partial charge in [0.2, 0.25) is 0 Å². The Hall–Kier alpha value is -4.22. The highest BCUT2D eigenvalue weighted by Crippen LogP contribution is 2.35. The second-order valence-corrected chi connectivity index (χ2v) is 9.02. The molecule has 0 aliphatic carbocycles. The largest absolute Gasteiger partial charge is 0.489 e. The van der Waals surface area contributed by atoms with Crippen molar-refractivity contribution < 1.29 is 18.7 Å². The number of aromatic nitrogens is 2. The van der Waals surface area contributed by atoms with Gasteiger partial charge in [0.25, 0.3) is 5.91 Å². The van der Waals surface area contributed by atoms with E-state index in [1.54, 1.807) is 26.5 Å². The number of rotatable bonds is 5. The Morgan fingerprint density at radius 3 is 2.64 bits per heavy atom. The highest BCUT2D eigenvalue weighted by Gasteiger charge is 2.19. The lowest BCUT2D eigenvalue weighted by Gasteiger charge is -2.23. The standard InChI is InChI=1S/C28H26N4O4/c1-17-12-20(16-31-26(17)28(33)32(2)3)25-14-23-27(36-25)22(6-9-30-23)18-4-5-24(19(13-18)15-29)35-21-7-10-34-11-8-21/h4-6,9,12-14,16,21H,7-8,10-11H2,1-3H3. The predicted octanol–water partition coefficient (Wildman–Crippen LogP) is 5.00. The van der Waals surface area contributed by atoms with E-state index < -0.39 is 0 Å². The second kappa shape index (κ2) is 9.80. The van der Waals surface area contributed by atoms with Crippen molar-refractivity contribution in [2.75, 3.05) is 27.3 Å². The third kappa shape index (κ3) is 4.53. The van der Waals surface area contributed by atoms with E-state index in [1.165, 1.54) is 4.90 Å². The van der Waals surface area contributed by atoms with Crippen LogP contribution in [0.4, 0.5) is 0 Å². The lowest BCUT2D eigenvalue weighted by molar-refractivity contribution is 0.0254. The van der Waals surface area contributed by atoms with E-state index in [1.807, 2.05) is 43.3 Å². The number of benzene rings is 1. The van der Waals surface area contributed by atoms with E-state index in [0.29, 0.717) is 47.1 Å². The number of aryl methyl sites for hydroxylation is 1. The predicted molar refractivity (Wildman–Crippen MR) is 135 cm³/mol. The third-order valence-corrected chi connectivity index (χ3v) is 6.26. The van der Waals surface area contributed by atoms with Gasteiger partial charge in [-0.15, -0.1) is 0 Å². The van der Waals surface area contributed by atoms with Crippen molar-refractivity contribution >= 4 is 17.0 Å². The van der Waals surface area contributed by atoms with Gasteiger partial charge in [-0.2, -0.15) is 5.26 Å². The molecule has 0 radical (unpaired) electrons. The van der Waals surface area contributed by atoms with Gasteiger partial charge in [-0.3, -0.25) is 14.8 Å². The molecule has 1 aliphatic rings. The number of amides is 1. The molecule has 1 aliphatic heterocycles. The fourth-order valence-corrected chi connectivity index (χ4v) is 4.31. The number of pyridine rings is 2.